The quantitative estimate of drug-likeness (QED) is 0.595. The second-order valence-corrected chi connectivity index (χ2v) is 11.1. The van der Waals surface area contributed by atoms with Crippen molar-refractivity contribution >= 4 is 44.5 Å². The maximum Gasteiger partial charge on any atom is 0.409 e. The van der Waals surface area contributed by atoms with Gasteiger partial charge in [-0.1, -0.05) is 11.3 Å². The van der Waals surface area contributed by atoms with Gasteiger partial charge in [0.05, 0.1) is 11.5 Å². The lowest BCUT2D eigenvalue weighted by Crippen LogP contribution is -2.52. The fourth-order valence-corrected chi connectivity index (χ4v) is 6.71. The molecule has 2 saturated heterocycles. The normalized spacial score (nSPS) is 19.6. The third-order valence-corrected chi connectivity index (χ3v) is 8.46. The Morgan fingerprint density at radius 3 is 2.56 bits per heavy atom. The predicted octanol–water partition coefficient (Wildman–Crippen LogP) is 4.27. The summed E-state index contributed by atoms with van der Waals surface area (Å²) >= 11 is 1.20. The Bertz CT molecular complexity index is 1120. The zero-order chi connectivity index (χ0) is 26.0. The van der Waals surface area contributed by atoms with Gasteiger partial charge in [-0.15, -0.1) is 0 Å². The molecule has 10 heteroatoms. The van der Waals surface area contributed by atoms with E-state index in [2.05, 4.69) is 29.0 Å². The minimum Gasteiger partial charge on any atom is -0.465 e. The number of fused-ring (bicyclic) bond motifs is 1. The van der Waals surface area contributed by atoms with Crippen LogP contribution in [0.4, 0.5) is 9.80 Å². The van der Waals surface area contributed by atoms with E-state index in [1.54, 1.807) is 0 Å². The standard InChI is InChI=1S/C26H37N5O4S/c1-5-31(16(2)3)24(32)18-7-6-12-30(15-18)19-10-13-29(14-11-19)25(33)21-20-9-8-17(4)27-22(20)36-23(21)28-26(34)35/h8-9,16,18-19,28H,5-7,10-15H2,1-4H3,(H,34,35). The van der Waals surface area contributed by atoms with E-state index in [0.29, 0.717) is 39.9 Å². The summed E-state index contributed by atoms with van der Waals surface area (Å²) in [7, 11) is 0. The van der Waals surface area contributed by atoms with Gasteiger partial charge in [-0.05, 0) is 72.1 Å². The maximum atomic E-state index is 13.6. The first kappa shape index (κ1) is 26.3. The summed E-state index contributed by atoms with van der Waals surface area (Å²) in [6, 6.07) is 4.25. The van der Waals surface area contributed by atoms with Gasteiger partial charge in [0, 0.05) is 49.3 Å². The van der Waals surface area contributed by atoms with Gasteiger partial charge in [0.2, 0.25) is 5.91 Å². The van der Waals surface area contributed by atoms with Crippen molar-refractivity contribution in [1.82, 2.24) is 19.7 Å². The molecular formula is C26H37N5O4S. The molecule has 0 saturated carbocycles. The van der Waals surface area contributed by atoms with Gasteiger partial charge in [-0.2, -0.15) is 0 Å². The van der Waals surface area contributed by atoms with Crippen molar-refractivity contribution in [2.45, 2.75) is 65.5 Å². The molecule has 0 bridgehead atoms. The second kappa shape index (κ2) is 11.1. The van der Waals surface area contributed by atoms with Crippen LogP contribution in [0.1, 0.15) is 62.5 Å². The number of thiophene rings is 1. The zero-order valence-electron chi connectivity index (χ0n) is 21.6. The van der Waals surface area contributed by atoms with Gasteiger partial charge in [0.25, 0.3) is 5.91 Å². The van der Waals surface area contributed by atoms with E-state index in [-0.39, 0.29) is 23.8 Å². The summed E-state index contributed by atoms with van der Waals surface area (Å²) in [5.41, 5.74) is 1.21. The van der Waals surface area contributed by atoms with Crippen LogP contribution >= 0.6 is 11.3 Å². The van der Waals surface area contributed by atoms with Gasteiger partial charge in [-0.25, -0.2) is 9.78 Å². The number of hydrogen-bond donors (Lipinski definition) is 2. The van der Waals surface area contributed by atoms with Crippen LogP contribution in [0.5, 0.6) is 0 Å². The molecule has 0 aliphatic carbocycles. The third-order valence-electron chi connectivity index (χ3n) is 7.45. The lowest BCUT2D eigenvalue weighted by atomic mass is 9.92. The Hall–Kier alpha value is -2.72. The maximum absolute atomic E-state index is 13.6. The Morgan fingerprint density at radius 1 is 1.19 bits per heavy atom. The molecule has 4 heterocycles. The van der Waals surface area contributed by atoms with E-state index < -0.39 is 6.09 Å². The number of aryl methyl sites for hydroxylation is 1. The van der Waals surface area contributed by atoms with E-state index >= 15 is 0 Å². The third kappa shape index (κ3) is 5.49. The highest BCUT2D eigenvalue weighted by Gasteiger charge is 2.35. The first-order valence-corrected chi connectivity index (χ1v) is 13.7. The van der Waals surface area contributed by atoms with Gasteiger partial charge in [0.15, 0.2) is 0 Å². The summed E-state index contributed by atoms with van der Waals surface area (Å²) in [5.74, 6) is 0.145. The molecule has 0 radical (unpaired) electrons. The van der Waals surface area contributed by atoms with Crippen LogP contribution < -0.4 is 5.32 Å². The Labute approximate surface area is 216 Å². The number of piperidine rings is 2. The molecule has 196 valence electrons. The van der Waals surface area contributed by atoms with E-state index in [9.17, 15) is 19.5 Å². The number of carboxylic acid groups (broad SMARTS) is 1. The molecule has 1 unspecified atom stereocenters. The Kier molecular flexibility index (Phi) is 8.14. The molecule has 2 aliphatic heterocycles. The van der Waals surface area contributed by atoms with Crippen molar-refractivity contribution in [3.63, 3.8) is 0 Å². The van der Waals surface area contributed by atoms with Gasteiger partial charge in [-0.3, -0.25) is 19.8 Å². The number of aromatic nitrogens is 1. The molecule has 0 spiro atoms. The molecule has 2 fully saturated rings. The fraction of sp³-hybridized carbons (Fsp3) is 0.615. The number of carbonyl (C=O) groups is 3. The molecular weight excluding hydrogens is 478 g/mol. The van der Waals surface area contributed by atoms with Crippen molar-refractivity contribution in [2.75, 3.05) is 38.0 Å². The molecule has 2 aliphatic rings. The summed E-state index contributed by atoms with van der Waals surface area (Å²) < 4.78 is 0. The van der Waals surface area contributed by atoms with Crippen molar-refractivity contribution in [2.24, 2.45) is 5.92 Å². The number of anilines is 1. The zero-order valence-corrected chi connectivity index (χ0v) is 22.4. The SMILES string of the molecule is CCN(C(=O)C1CCCN(C2CCN(C(=O)c3c(NC(=O)O)sc4nc(C)ccc34)CC2)C1)C(C)C. The summed E-state index contributed by atoms with van der Waals surface area (Å²) in [5, 5.41) is 12.7. The highest BCUT2D eigenvalue weighted by Crippen LogP contribution is 2.36. The van der Waals surface area contributed by atoms with E-state index in [4.69, 9.17) is 0 Å². The Balaban J connectivity index is 1.43. The fourth-order valence-electron chi connectivity index (χ4n) is 5.61. The minimum atomic E-state index is -1.20. The van der Waals surface area contributed by atoms with Gasteiger partial charge in [0.1, 0.15) is 9.83 Å². The number of carbonyl (C=O) groups excluding carboxylic acids is 2. The lowest BCUT2D eigenvalue weighted by Gasteiger charge is -2.43. The number of amides is 3. The number of rotatable bonds is 6. The highest BCUT2D eigenvalue weighted by atomic mass is 32.1. The molecule has 4 rings (SSSR count). The topological polar surface area (TPSA) is 106 Å². The van der Waals surface area contributed by atoms with Crippen molar-refractivity contribution in [3.05, 3.63) is 23.4 Å². The van der Waals surface area contributed by atoms with Crippen LogP contribution in [-0.4, -0.2) is 87.5 Å². The predicted molar refractivity (Wildman–Crippen MR) is 142 cm³/mol. The van der Waals surface area contributed by atoms with Crippen LogP contribution in [0.3, 0.4) is 0 Å². The van der Waals surface area contributed by atoms with E-state index in [1.165, 1.54) is 11.3 Å². The summed E-state index contributed by atoms with van der Waals surface area (Å²) in [4.78, 5) is 49.4. The summed E-state index contributed by atoms with van der Waals surface area (Å²) in [6.45, 7) is 11.8. The molecule has 1 atom stereocenters. The van der Waals surface area contributed by atoms with Crippen LogP contribution in [-0.2, 0) is 4.79 Å². The first-order valence-electron chi connectivity index (χ1n) is 12.9. The minimum absolute atomic E-state index is 0.0403. The van der Waals surface area contributed by atoms with Crippen molar-refractivity contribution in [3.8, 4) is 0 Å². The van der Waals surface area contributed by atoms with Crippen molar-refractivity contribution in [1.29, 1.82) is 0 Å². The highest BCUT2D eigenvalue weighted by molar-refractivity contribution is 7.23. The van der Waals surface area contributed by atoms with E-state index in [1.807, 2.05) is 35.8 Å². The van der Waals surface area contributed by atoms with Gasteiger partial charge >= 0.3 is 6.09 Å². The molecule has 2 N–H and O–H groups in total. The summed E-state index contributed by atoms with van der Waals surface area (Å²) in [6.07, 6.45) is 2.45. The number of hydrogen-bond acceptors (Lipinski definition) is 6. The average molecular weight is 516 g/mol. The Morgan fingerprint density at radius 2 is 1.92 bits per heavy atom. The molecule has 2 aromatic rings. The molecule has 9 nitrogen and oxygen atoms in total. The second-order valence-electron chi connectivity index (χ2n) is 10.1. The van der Waals surface area contributed by atoms with E-state index in [0.717, 1.165) is 51.0 Å². The van der Waals surface area contributed by atoms with Crippen LogP contribution in [0.2, 0.25) is 0 Å². The first-order chi connectivity index (χ1) is 17.2. The smallest absolute Gasteiger partial charge is 0.409 e. The number of pyridine rings is 1. The van der Waals surface area contributed by atoms with Crippen molar-refractivity contribution < 1.29 is 19.5 Å². The largest absolute Gasteiger partial charge is 0.465 e. The molecule has 36 heavy (non-hydrogen) atoms. The number of nitrogens with one attached hydrogen (secondary N) is 1. The van der Waals surface area contributed by atoms with Crippen LogP contribution in [0.25, 0.3) is 10.2 Å². The molecule has 0 aromatic carbocycles. The van der Waals surface area contributed by atoms with Crippen LogP contribution in [0.15, 0.2) is 12.1 Å². The lowest BCUT2D eigenvalue weighted by molar-refractivity contribution is -0.139. The van der Waals surface area contributed by atoms with Gasteiger partial charge < -0.3 is 14.9 Å². The number of nitrogens with zero attached hydrogens (tertiary/aromatic N) is 4. The average Bonchev–Trinajstić information content (AvgIpc) is 3.19. The number of likely N-dealkylation sites (tertiary alicyclic amines) is 2. The molecule has 3 amide bonds. The molecule has 2 aromatic heterocycles. The monoisotopic (exact) mass is 515 g/mol. The van der Waals surface area contributed by atoms with Crippen LogP contribution in [0, 0.1) is 12.8 Å².